The SMILES string of the molecule is CC1CCN(CC(O)COc2ccc(NC(=O)c3ccco3)cc2)CC1. The zero-order chi connectivity index (χ0) is 18.4. The number of hydrogen-bond donors (Lipinski definition) is 2. The van der Waals surface area contributed by atoms with Crippen molar-refractivity contribution in [2.24, 2.45) is 5.92 Å². The standard InChI is InChI=1S/C20H26N2O4/c1-15-8-10-22(11-9-15)13-17(23)14-26-18-6-4-16(5-7-18)21-20(24)19-3-2-12-25-19/h2-7,12,15,17,23H,8-11,13-14H2,1H3,(H,21,24). The second-order valence-electron chi connectivity index (χ2n) is 6.90. The maximum Gasteiger partial charge on any atom is 0.291 e. The molecule has 1 aromatic carbocycles. The van der Waals surface area contributed by atoms with Crippen LogP contribution in [0.4, 0.5) is 5.69 Å². The lowest BCUT2D eigenvalue weighted by atomic mass is 9.99. The van der Waals surface area contributed by atoms with Crippen molar-refractivity contribution >= 4 is 11.6 Å². The molecule has 0 aliphatic carbocycles. The smallest absolute Gasteiger partial charge is 0.291 e. The first-order chi connectivity index (χ1) is 12.6. The highest BCUT2D eigenvalue weighted by molar-refractivity contribution is 6.02. The highest BCUT2D eigenvalue weighted by Gasteiger charge is 2.18. The highest BCUT2D eigenvalue weighted by atomic mass is 16.5. The zero-order valence-electron chi connectivity index (χ0n) is 15.1. The molecular formula is C20H26N2O4. The van der Waals surface area contributed by atoms with Crippen LogP contribution in [0, 0.1) is 5.92 Å². The number of carbonyl (C=O) groups is 1. The summed E-state index contributed by atoms with van der Waals surface area (Å²) in [5, 5.41) is 12.9. The second kappa shape index (κ2) is 8.87. The molecule has 3 rings (SSSR count). The Kier molecular flexibility index (Phi) is 6.30. The average Bonchev–Trinajstić information content (AvgIpc) is 3.18. The van der Waals surface area contributed by atoms with E-state index in [1.165, 1.54) is 19.1 Å². The number of nitrogens with one attached hydrogen (secondary N) is 1. The van der Waals surface area contributed by atoms with Crippen LogP contribution in [0.1, 0.15) is 30.3 Å². The minimum Gasteiger partial charge on any atom is -0.491 e. The Morgan fingerprint density at radius 3 is 2.69 bits per heavy atom. The van der Waals surface area contributed by atoms with Crippen LogP contribution >= 0.6 is 0 Å². The van der Waals surface area contributed by atoms with Crippen molar-refractivity contribution in [2.45, 2.75) is 25.9 Å². The van der Waals surface area contributed by atoms with Gasteiger partial charge in [-0.25, -0.2) is 0 Å². The number of benzene rings is 1. The van der Waals surface area contributed by atoms with Crippen molar-refractivity contribution in [3.63, 3.8) is 0 Å². The second-order valence-corrected chi connectivity index (χ2v) is 6.90. The summed E-state index contributed by atoms with van der Waals surface area (Å²) >= 11 is 0. The molecule has 1 saturated heterocycles. The van der Waals surface area contributed by atoms with Crippen LogP contribution in [0.2, 0.25) is 0 Å². The van der Waals surface area contributed by atoms with E-state index in [0.29, 0.717) is 18.0 Å². The minimum absolute atomic E-state index is 0.254. The Morgan fingerprint density at radius 1 is 1.31 bits per heavy atom. The number of hydrogen-bond acceptors (Lipinski definition) is 5. The van der Waals surface area contributed by atoms with Gasteiger partial charge in [0.1, 0.15) is 18.5 Å². The molecule has 2 N–H and O–H groups in total. The monoisotopic (exact) mass is 358 g/mol. The Bertz CT molecular complexity index is 676. The summed E-state index contributed by atoms with van der Waals surface area (Å²) in [6.45, 7) is 5.26. The lowest BCUT2D eigenvalue weighted by Gasteiger charge is -2.31. The molecule has 6 heteroatoms. The Labute approximate surface area is 153 Å². The fourth-order valence-electron chi connectivity index (χ4n) is 3.02. The van der Waals surface area contributed by atoms with E-state index in [1.807, 2.05) is 0 Å². The number of amides is 1. The van der Waals surface area contributed by atoms with Crippen LogP contribution in [-0.2, 0) is 0 Å². The summed E-state index contributed by atoms with van der Waals surface area (Å²) < 4.78 is 10.7. The van der Waals surface area contributed by atoms with Crippen LogP contribution < -0.4 is 10.1 Å². The maximum atomic E-state index is 11.9. The van der Waals surface area contributed by atoms with E-state index in [1.54, 1.807) is 36.4 Å². The van der Waals surface area contributed by atoms with Gasteiger partial charge in [0.05, 0.1) is 6.26 Å². The molecule has 1 aliphatic rings. The van der Waals surface area contributed by atoms with E-state index < -0.39 is 6.10 Å². The zero-order valence-corrected chi connectivity index (χ0v) is 15.1. The van der Waals surface area contributed by atoms with E-state index in [0.717, 1.165) is 19.0 Å². The molecule has 26 heavy (non-hydrogen) atoms. The number of likely N-dealkylation sites (tertiary alicyclic amines) is 1. The van der Waals surface area contributed by atoms with Crippen molar-refractivity contribution in [3.05, 3.63) is 48.4 Å². The molecule has 1 atom stereocenters. The molecule has 140 valence electrons. The third-order valence-corrected chi connectivity index (χ3v) is 4.64. The van der Waals surface area contributed by atoms with Gasteiger partial charge in [0, 0.05) is 12.2 Å². The molecule has 1 aromatic heterocycles. The van der Waals surface area contributed by atoms with Crippen molar-refractivity contribution in [1.82, 2.24) is 4.90 Å². The largest absolute Gasteiger partial charge is 0.491 e. The number of aliphatic hydroxyl groups excluding tert-OH is 1. The fraction of sp³-hybridized carbons (Fsp3) is 0.450. The van der Waals surface area contributed by atoms with E-state index in [4.69, 9.17) is 9.15 Å². The van der Waals surface area contributed by atoms with Gasteiger partial charge >= 0.3 is 0 Å². The third kappa shape index (κ3) is 5.34. The Morgan fingerprint density at radius 2 is 2.04 bits per heavy atom. The predicted octanol–water partition coefficient (Wildman–Crippen LogP) is 3.00. The molecule has 6 nitrogen and oxygen atoms in total. The first-order valence-corrected chi connectivity index (χ1v) is 9.08. The Hall–Kier alpha value is -2.31. The first-order valence-electron chi connectivity index (χ1n) is 9.08. The van der Waals surface area contributed by atoms with Crippen LogP contribution in [-0.4, -0.2) is 48.3 Å². The van der Waals surface area contributed by atoms with E-state index in [-0.39, 0.29) is 18.3 Å². The summed E-state index contributed by atoms with van der Waals surface area (Å²) in [6, 6.07) is 10.3. The summed E-state index contributed by atoms with van der Waals surface area (Å²) in [7, 11) is 0. The van der Waals surface area contributed by atoms with Gasteiger partial charge in [0.15, 0.2) is 5.76 Å². The number of ether oxygens (including phenoxy) is 1. The third-order valence-electron chi connectivity index (χ3n) is 4.64. The molecule has 0 spiro atoms. The highest BCUT2D eigenvalue weighted by Crippen LogP contribution is 2.18. The average molecular weight is 358 g/mol. The topological polar surface area (TPSA) is 74.9 Å². The van der Waals surface area contributed by atoms with Crippen molar-refractivity contribution in [3.8, 4) is 5.75 Å². The van der Waals surface area contributed by atoms with Gasteiger partial charge in [0.2, 0.25) is 0 Å². The molecule has 1 aliphatic heterocycles. The first kappa shape index (κ1) is 18.5. The van der Waals surface area contributed by atoms with E-state index in [9.17, 15) is 9.90 Å². The van der Waals surface area contributed by atoms with E-state index in [2.05, 4.69) is 17.1 Å². The number of carbonyl (C=O) groups excluding carboxylic acids is 1. The summed E-state index contributed by atoms with van der Waals surface area (Å²) in [5.74, 6) is 1.41. The van der Waals surface area contributed by atoms with Crippen LogP contribution in [0.5, 0.6) is 5.75 Å². The van der Waals surface area contributed by atoms with Crippen molar-refractivity contribution < 1.29 is 19.1 Å². The van der Waals surface area contributed by atoms with Crippen LogP contribution in [0.15, 0.2) is 47.1 Å². The lowest BCUT2D eigenvalue weighted by molar-refractivity contribution is 0.0563. The van der Waals surface area contributed by atoms with E-state index >= 15 is 0 Å². The summed E-state index contributed by atoms with van der Waals surface area (Å²) in [4.78, 5) is 14.2. The van der Waals surface area contributed by atoms with Gasteiger partial charge in [0.25, 0.3) is 5.91 Å². The molecular weight excluding hydrogens is 332 g/mol. The van der Waals surface area contributed by atoms with Gasteiger partial charge in [-0.05, 0) is 68.2 Å². The lowest BCUT2D eigenvalue weighted by Crippen LogP contribution is -2.40. The predicted molar refractivity (Wildman–Crippen MR) is 99.4 cm³/mol. The molecule has 2 heterocycles. The molecule has 1 unspecified atom stereocenters. The van der Waals surface area contributed by atoms with Crippen molar-refractivity contribution in [1.29, 1.82) is 0 Å². The molecule has 0 radical (unpaired) electrons. The van der Waals surface area contributed by atoms with Crippen LogP contribution in [0.25, 0.3) is 0 Å². The number of β-amino-alcohol motifs (C(OH)–C–C–N with tert-alkyl or cyclic N) is 1. The van der Waals surface area contributed by atoms with Gasteiger partial charge in [-0.15, -0.1) is 0 Å². The normalized spacial score (nSPS) is 17.0. The number of furan rings is 1. The van der Waals surface area contributed by atoms with Gasteiger partial charge < -0.3 is 24.5 Å². The maximum absolute atomic E-state index is 11.9. The summed E-state index contributed by atoms with van der Waals surface area (Å²) in [5.41, 5.74) is 0.654. The molecule has 0 bridgehead atoms. The quantitative estimate of drug-likeness (QED) is 0.796. The molecule has 2 aromatic rings. The molecule has 0 saturated carbocycles. The van der Waals surface area contributed by atoms with Crippen molar-refractivity contribution in [2.75, 3.05) is 31.6 Å². The number of nitrogens with zero attached hydrogens (tertiary/aromatic N) is 1. The number of anilines is 1. The molecule has 1 amide bonds. The Balaban J connectivity index is 1.41. The van der Waals surface area contributed by atoms with Gasteiger partial charge in [-0.3, -0.25) is 4.79 Å². The number of aliphatic hydroxyl groups is 1. The number of piperidine rings is 1. The van der Waals surface area contributed by atoms with Gasteiger partial charge in [-0.2, -0.15) is 0 Å². The van der Waals surface area contributed by atoms with Gasteiger partial charge in [-0.1, -0.05) is 6.92 Å². The van der Waals surface area contributed by atoms with Crippen LogP contribution in [0.3, 0.4) is 0 Å². The summed E-state index contributed by atoms with van der Waals surface area (Å²) in [6.07, 6.45) is 3.33. The molecule has 1 fully saturated rings. The fourth-order valence-corrected chi connectivity index (χ4v) is 3.02. The number of rotatable bonds is 7. The minimum atomic E-state index is -0.512.